The predicted molar refractivity (Wildman–Crippen MR) is 121 cm³/mol. The molecule has 0 atom stereocenters. The molecule has 2 aromatic carbocycles. The fourth-order valence-corrected chi connectivity index (χ4v) is 4.00. The van der Waals surface area contributed by atoms with Crippen LogP contribution in [0.4, 0.5) is 5.69 Å². The Kier molecular flexibility index (Phi) is 6.46. The smallest absolute Gasteiger partial charge is 0.234 e. The lowest BCUT2D eigenvalue weighted by Crippen LogP contribution is -2.14. The molecule has 0 fully saturated rings. The molecule has 0 aliphatic carbocycles. The number of fused-ring (bicyclic) bond motifs is 1. The van der Waals surface area contributed by atoms with E-state index in [2.05, 4.69) is 22.4 Å². The minimum atomic E-state index is -0.0688. The number of nitrogens with zero attached hydrogens (tertiary/aromatic N) is 3. The van der Waals surface area contributed by atoms with E-state index < -0.39 is 0 Å². The number of amides is 1. The van der Waals surface area contributed by atoms with Gasteiger partial charge in [0.25, 0.3) is 0 Å². The summed E-state index contributed by atoms with van der Waals surface area (Å²) in [5, 5.41) is 12.2. The average Bonchev–Trinajstić information content (AvgIpc) is 2.95. The van der Waals surface area contributed by atoms with Gasteiger partial charge in [-0.25, -0.2) is 0 Å². The first kappa shape index (κ1) is 21.2. The van der Waals surface area contributed by atoms with Crippen LogP contribution in [0, 0.1) is 13.8 Å². The highest BCUT2D eigenvalue weighted by molar-refractivity contribution is 7.99. The van der Waals surface area contributed by atoms with Crippen molar-refractivity contribution in [1.29, 1.82) is 0 Å². The van der Waals surface area contributed by atoms with Gasteiger partial charge in [0, 0.05) is 25.6 Å². The molecule has 1 aromatic heterocycles. The zero-order chi connectivity index (χ0) is 21.8. The molecule has 1 N–H and O–H groups in total. The van der Waals surface area contributed by atoms with E-state index >= 15 is 0 Å². The lowest BCUT2D eigenvalue weighted by atomic mass is 10.1. The summed E-state index contributed by atoms with van der Waals surface area (Å²) in [6.45, 7) is 5.41. The highest BCUT2D eigenvalue weighted by Crippen LogP contribution is 2.31. The second-order valence-corrected chi connectivity index (χ2v) is 8.54. The third kappa shape index (κ3) is 5.19. The first-order chi connectivity index (χ1) is 15.0. The number of aryl methyl sites for hydroxylation is 2. The normalized spacial score (nSPS) is 13.0. The third-order valence-corrected chi connectivity index (χ3v) is 6.24. The van der Waals surface area contributed by atoms with Gasteiger partial charge in [-0.15, -0.1) is 10.2 Å². The number of hydrogen-bond acceptors (Lipinski definition) is 6. The fraction of sp³-hybridized carbons (Fsp3) is 0.348. The van der Waals surface area contributed by atoms with Crippen LogP contribution < -0.4 is 14.8 Å². The second kappa shape index (κ2) is 9.43. The Morgan fingerprint density at radius 1 is 1.06 bits per heavy atom. The van der Waals surface area contributed by atoms with Crippen molar-refractivity contribution in [3.63, 3.8) is 0 Å². The summed E-state index contributed by atoms with van der Waals surface area (Å²) in [5.74, 6) is 2.58. The van der Waals surface area contributed by atoms with E-state index in [0.717, 1.165) is 40.6 Å². The van der Waals surface area contributed by atoms with Crippen molar-refractivity contribution in [2.45, 2.75) is 31.8 Å². The molecule has 3 aromatic rings. The molecule has 0 radical (unpaired) electrons. The van der Waals surface area contributed by atoms with E-state index in [4.69, 9.17) is 9.47 Å². The molecule has 8 heteroatoms. The molecule has 31 heavy (non-hydrogen) atoms. The maximum atomic E-state index is 12.3. The zero-order valence-corrected chi connectivity index (χ0v) is 18.8. The SMILES string of the molecule is Cc1ccc(NC(=O)CSc2nnc(Cc3ccc4c(c3)OCCCO4)n2C)cc1C. The Morgan fingerprint density at radius 3 is 2.68 bits per heavy atom. The Hall–Kier alpha value is -3.00. The van der Waals surface area contributed by atoms with Crippen molar-refractivity contribution in [1.82, 2.24) is 14.8 Å². The summed E-state index contributed by atoms with van der Waals surface area (Å²) in [4.78, 5) is 12.3. The molecule has 162 valence electrons. The molecular formula is C23H26N4O3S. The van der Waals surface area contributed by atoms with E-state index in [9.17, 15) is 4.79 Å². The van der Waals surface area contributed by atoms with Crippen molar-refractivity contribution in [3.8, 4) is 11.5 Å². The molecule has 1 amide bonds. The van der Waals surface area contributed by atoms with Crippen LogP contribution in [0.25, 0.3) is 0 Å². The van der Waals surface area contributed by atoms with Crippen LogP contribution in [0.1, 0.15) is 28.9 Å². The Bertz CT molecular complexity index is 1100. The monoisotopic (exact) mass is 438 g/mol. The van der Waals surface area contributed by atoms with Gasteiger partial charge < -0.3 is 19.4 Å². The van der Waals surface area contributed by atoms with Crippen molar-refractivity contribution >= 4 is 23.4 Å². The van der Waals surface area contributed by atoms with Crippen LogP contribution >= 0.6 is 11.8 Å². The van der Waals surface area contributed by atoms with Gasteiger partial charge in [0.2, 0.25) is 5.91 Å². The molecule has 0 bridgehead atoms. The van der Waals surface area contributed by atoms with Gasteiger partial charge in [0.1, 0.15) is 5.82 Å². The van der Waals surface area contributed by atoms with Crippen LogP contribution in [-0.4, -0.2) is 39.6 Å². The highest BCUT2D eigenvalue weighted by Gasteiger charge is 2.15. The van der Waals surface area contributed by atoms with E-state index in [1.165, 1.54) is 17.3 Å². The van der Waals surface area contributed by atoms with E-state index in [1.807, 2.05) is 54.9 Å². The number of carbonyl (C=O) groups is 1. The maximum Gasteiger partial charge on any atom is 0.234 e. The molecular weight excluding hydrogens is 412 g/mol. The van der Waals surface area contributed by atoms with Crippen molar-refractivity contribution in [3.05, 3.63) is 58.9 Å². The maximum absolute atomic E-state index is 12.3. The predicted octanol–water partition coefficient (Wildman–Crippen LogP) is 3.91. The van der Waals surface area contributed by atoms with Gasteiger partial charge in [0.05, 0.1) is 19.0 Å². The zero-order valence-electron chi connectivity index (χ0n) is 18.0. The summed E-state index contributed by atoms with van der Waals surface area (Å²) in [5.41, 5.74) is 4.23. The largest absolute Gasteiger partial charge is 0.490 e. The summed E-state index contributed by atoms with van der Waals surface area (Å²) in [7, 11) is 1.92. The number of ether oxygens (including phenoxy) is 2. The van der Waals surface area contributed by atoms with Crippen molar-refractivity contribution in [2.24, 2.45) is 7.05 Å². The van der Waals surface area contributed by atoms with Crippen LogP contribution in [-0.2, 0) is 18.3 Å². The van der Waals surface area contributed by atoms with Crippen LogP contribution in [0.3, 0.4) is 0 Å². The number of carbonyl (C=O) groups excluding carboxylic acids is 1. The molecule has 0 saturated heterocycles. The van der Waals surface area contributed by atoms with Crippen LogP contribution in [0.5, 0.6) is 11.5 Å². The lowest BCUT2D eigenvalue weighted by molar-refractivity contribution is -0.113. The molecule has 2 heterocycles. The summed E-state index contributed by atoms with van der Waals surface area (Å²) in [6.07, 6.45) is 1.50. The molecule has 0 spiro atoms. The fourth-order valence-electron chi connectivity index (χ4n) is 3.27. The molecule has 0 saturated carbocycles. The minimum Gasteiger partial charge on any atom is -0.490 e. The number of aromatic nitrogens is 3. The van der Waals surface area contributed by atoms with E-state index in [1.54, 1.807) is 0 Å². The standard InChI is InChI=1S/C23H26N4O3S/c1-15-5-7-18(11-16(15)2)24-22(28)14-31-23-26-25-21(27(23)3)13-17-6-8-19-20(12-17)30-10-4-9-29-19/h5-8,11-12H,4,9-10,13-14H2,1-3H3,(H,24,28). The first-order valence-electron chi connectivity index (χ1n) is 10.3. The highest BCUT2D eigenvalue weighted by atomic mass is 32.2. The molecule has 1 aliphatic rings. The van der Waals surface area contributed by atoms with Gasteiger partial charge in [-0.05, 0) is 54.8 Å². The summed E-state index contributed by atoms with van der Waals surface area (Å²) >= 11 is 1.37. The van der Waals surface area contributed by atoms with Crippen LogP contribution in [0.2, 0.25) is 0 Å². The molecule has 0 unspecified atom stereocenters. The number of benzene rings is 2. The van der Waals surface area contributed by atoms with Gasteiger partial charge in [-0.1, -0.05) is 23.9 Å². The van der Waals surface area contributed by atoms with Gasteiger partial charge >= 0.3 is 0 Å². The number of anilines is 1. The molecule has 7 nitrogen and oxygen atoms in total. The van der Waals surface area contributed by atoms with E-state index in [-0.39, 0.29) is 11.7 Å². The third-order valence-electron chi connectivity index (χ3n) is 5.22. The number of nitrogens with one attached hydrogen (secondary N) is 1. The second-order valence-electron chi connectivity index (χ2n) is 7.60. The lowest BCUT2D eigenvalue weighted by Gasteiger charge is -2.09. The quantitative estimate of drug-likeness (QED) is 0.588. The number of hydrogen-bond donors (Lipinski definition) is 1. The number of thioether (sulfide) groups is 1. The Balaban J connectivity index is 1.36. The van der Waals surface area contributed by atoms with Crippen molar-refractivity contribution in [2.75, 3.05) is 24.3 Å². The van der Waals surface area contributed by atoms with Crippen molar-refractivity contribution < 1.29 is 14.3 Å². The van der Waals surface area contributed by atoms with Gasteiger partial charge in [0.15, 0.2) is 16.7 Å². The minimum absolute atomic E-state index is 0.0688. The number of rotatable bonds is 6. The topological polar surface area (TPSA) is 78.3 Å². The Morgan fingerprint density at radius 2 is 1.87 bits per heavy atom. The summed E-state index contributed by atoms with van der Waals surface area (Å²) in [6, 6.07) is 11.9. The van der Waals surface area contributed by atoms with Crippen LogP contribution in [0.15, 0.2) is 41.6 Å². The Labute approximate surface area is 186 Å². The van der Waals surface area contributed by atoms with E-state index in [0.29, 0.717) is 24.8 Å². The molecule has 4 rings (SSSR count). The average molecular weight is 439 g/mol. The molecule has 1 aliphatic heterocycles. The van der Waals surface area contributed by atoms with Gasteiger partial charge in [-0.2, -0.15) is 0 Å². The van der Waals surface area contributed by atoms with Gasteiger partial charge in [-0.3, -0.25) is 4.79 Å². The first-order valence-corrected chi connectivity index (χ1v) is 11.2. The summed E-state index contributed by atoms with van der Waals surface area (Å²) < 4.78 is 13.4.